The Morgan fingerprint density at radius 2 is 2.17 bits per heavy atom. The molecule has 0 saturated carbocycles. The number of nitrogens with one attached hydrogen (secondary N) is 1. The smallest absolute Gasteiger partial charge is 0.110 e. The molecule has 0 spiro atoms. The van der Waals surface area contributed by atoms with Crippen LogP contribution in [0.1, 0.15) is 38.3 Å². The van der Waals surface area contributed by atoms with Gasteiger partial charge in [-0.25, -0.2) is 4.98 Å². The number of hydrogen-bond donors (Lipinski definition) is 1. The fourth-order valence-electron chi connectivity index (χ4n) is 1.83. The third-order valence-electron chi connectivity index (χ3n) is 2.69. The van der Waals surface area contributed by atoms with Crippen molar-refractivity contribution in [3.05, 3.63) is 37.5 Å². The number of thiophene rings is 1. The highest BCUT2D eigenvalue weighted by Crippen LogP contribution is 2.25. The van der Waals surface area contributed by atoms with Gasteiger partial charge in [0.05, 0.1) is 10.7 Å². The van der Waals surface area contributed by atoms with Crippen LogP contribution < -0.4 is 5.32 Å². The van der Waals surface area contributed by atoms with E-state index in [0.29, 0.717) is 6.04 Å². The average Bonchev–Trinajstić information content (AvgIpc) is 2.92. The fraction of sp³-hybridized carbons (Fsp3) is 0.385. The summed E-state index contributed by atoms with van der Waals surface area (Å²) in [6, 6.07) is 6.33. The first kappa shape index (κ1) is 13.2. The number of hydrogen-bond acceptors (Lipinski definition) is 5. The second-order valence-electron chi connectivity index (χ2n) is 4.16. The SMILES string of the molecule is Cc1nc(C)c(C(C)NCc2ccc(C#N)s2)s1. The third kappa shape index (κ3) is 2.96. The Morgan fingerprint density at radius 1 is 1.39 bits per heavy atom. The van der Waals surface area contributed by atoms with E-state index in [1.807, 2.05) is 19.1 Å². The molecule has 18 heavy (non-hydrogen) atoms. The molecule has 5 heteroatoms. The third-order valence-corrected chi connectivity index (χ3v) is 4.93. The van der Waals surface area contributed by atoms with Crippen LogP contribution in [0.2, 0.25) is 0 Å². The minimum atomic E-state index is 0.295. The standard InChI is InChI=1S/C13H15N3S2/c1-8(13-9(2)16-10(3)17-13)15-7-12-5-4-11(6-14)18-12/h4-5,8,15H,7H2,1-3H3. The predicted octanol–water partition coefficient (Wildman–Crippen LogP) is 3.54. The van der Waals surface area contributed by atoms with Crippen molar-refractivity contribution in [2.45, 2.75) is 33.4 Å². The lowest BCUT2D eigenvalue weighted by molar-refractivity contribution is 0.584. The first-order valence-electron chi connectivity index (χ1n) is 5.76. The Kier molecular flexibility index (Phi) is 4.12. The van der Waals surface area contributed by atoms with Gasteiger partial charge in [-0.1, -0.05) is 0 Å². The summed E-state index contributed by atoms with van der Waals surface area (Å²) < 4.78 is 0. The number of aryl methyl sites for hydroxylation is 2. The summed E-state index contributed by atoms with van der Waals surface area (Å²) in [5, 5.41) is 13.4. The van der Waals surface area contributed by atoms with Gasteiger partial charge >= 0.3 is 0 Å². The predicted molar refractivity (Wildman–Crippen MR) is 75.9 cm³/mol. The molecule has 0 aliphatic heterocycles. The number of rotatable bonds is 4. The molecular formula is C13H15N3S2. The lowest BCUT2D eigenvalue weighted by atomic mass is 10.2. The summed E-state index contributed by atoms with van der Waals surface area (Å²) >= 11 is 3.29. The maximum Gasteiger partial charge on any atom is 0.110 e. The van der Waals surface area contributed by atoms with Crippen LogP contribution in [0, 0.1) is 25.2 Å². The van der Waals surface area contributed by atoms with Crippen molar-refractivity contribution in [2.24, 2.45) is 0 Å². The molecule has 3 nitrogen and oxygen atoms in total. The zero-order valence-electron chi connectivity index (χ0n) is 10.7. The molecule has 0 amide bonds. The van der Waals surface area contributed by atoms with E-state index >= 15 is 0 Å². The molecule has 0 fully saturated rings. The van der Waals surface area contributed by atoms with Gasteiger partial charge in [0.2, 0.25) is 0 Å². The Bertz CT molecular complexity index is 577. The van der Waals surface area contributed by atoms with Crippen LogP contribution in [0.5, 0.6) is 0 Å². The summed E-state index contributed by atoms with van der Waals surface area (Å²) in [6.07, 6.45) is 0. The number of aromatic nitrogens is 1. The van der Waals surface area contributed by atoms with Crippen molar-refractivity contribution in [1.29, 1.82) is 5.26 Å². The maximum absolute atomic E-state index is 8.78. The summed E-state index contributed by atoms with van der Waals surface area (Å²) in [5.74, 6) is 0. The van der Waals surface area contributed by atoms with E-state index in [1.165, 1.54) is 9.75 Å². The van der Waals surface area contributed by atoms with E-state index in [2.05, 4.69) is 30.2 Å². The van der Waals surface area contributed by atoms with Crippen LogP contribution in [0.4, 0.5) is 0 Å². The van der Waals surface area contributed by atoms with Crippen LogP contribution in [-0.4, -0.2) is 4.98 Å². The molecule has 1 atom stereocenters. The van der Waals surface area contributed by atoms with Crippen molar-refractivity contribution < 1.29 is 0 Å². The Morgan fingerprint density at radius 3 is 2.72 bits per heavy atom. The molecule has 0 aromatic carbocycles. The van der Waals surface area contributed by atoms with Crippen molar-refractivity contribution in [1.82, 2.24) is 10.3 Å². The Hall–Kier alpha value is -1.22. The highest BCUT2D eigenvalue weighted by Gasteiger charge is 2.12. The first-order chi connectivity index (χ1) is 8.60. The molecule has 2 aromatic heterocycles. The van der Waals surface area contributed by atoms with Crippen LogP contribution >= 0.6 is 22.7 Å². The van der Waals surface area contributed by atoms with Gasteiger partial charge in [-0.15, -0.1) is 22.7 Å². The minimum Gasteiger partial charge on any atom is -0.304 e. The quantitative estimate of drug-likeness (QED) is 0.930. The fourth-order valence-corrected chi connectivity index (χ4v) is 3.54. The zero-order chi connectivity index (χ0) is 13.1. The van der Waals surface area contributed by atoms with Crippen molar-refractivity contribution in [3.63, 3.8) is 0 Å². The minimum absolute atomic E-state index is 0.295. The van der Waals surface area contributed by atoms with E-state index in [4.69, 9.17) is 5.26 Å². The van der Waals surface area contributed by atoms with E-state index in [9.17, 15) is 0 Å². The van der Waals surface area contributed by atoms with Gasteiger partial charge in [-0.2, -0.15) is 5.26 Å². The normalized spacial score (nSPS) is 12.3. The molecule has 2 heterocycles. The molecule has 1 N–H and O–H groups in total. The number of nitriles is 1. The molecule has 0 radical (unpaired) electrons. The Balaban J connectivity index is 1.98. The monoisotopic (exact) mass is 277 g/mol. The molecule has 94 valence electrons. The van der Waals surface area contributed by atoms with Gasteiger partial charge in [0.25, 0.3) is 0 Å². The van der Waals surface area contributed by atoms with Gasteiger partial charge in [0, 0.05) is 22.3 Å². The highest BCUT2D eigenvalue weighted by atomic mass is 32.1. The summed E-state index contributed by atoms with van der Waals surface area (Å²) in [7, 11) is 0. The molecule has 0 saturated heterocycles. The van der Waals surface area contributed by atoms with Gasteiger partial charge in [-0.05, 0) is 32.9 Å². The molecule has 2 rings (SSSR count). The van der Waals surface area contributed by atoms with Crippen LogP contribution in [-0.2, 0) is 6.54 Å². The van der Waals surface area contributed by atoms with E-state index in [1.54, 1.807) is 22.7 Å². The second-order valence-corrected chi connectivity index (χ2v) is 6.57. The van der Waals surface area contributed by atoms with Crippen molar-refractivity contribution in [2.75, 3.05) is 0 Å². The van der Waals surface area contributed by atoms with Crippen LogP contribution in [0.3, 0.4) is 0 Å². The van der Waals surface area contributed by atoms with Crippen LogP contribution in [0.15, 0.2) is 12.1 Å². The lowest BCUT2D eigenvalue weighted by Crippen LogP contribution is -2.17. The molecule has 0 aliphatic carbocycles. The first-order valence-corrected chi connectivity index (χ1v) is 7.39. The lowest BCUT2D eigenvalue weighted by Gasteiger charge is -2.11. The van der Waals surface area contributed by atoms with E-state index in [0.717, 1.165) is 22.1 Å². The van der Waals surface area contributed by atoms with Crippen molar-refractivity contribution in [3.8, 4) is 6.07 Å². The van der Waals surface area contributed by atoms with Crippen LogP contribution in [0.25, 0.3) is 0 Å². The topological polar surface area (TPSA) is 48.7 Å². The maximum atomic E-state index is 8.78. The summed E-state index contributed by atoms with van der Waals surface area (Å²) in [6.45, 7) is 7.03. The summed E-state index contributed by atoms with van der Waals surface area (Å²) in [4.78, 5) is 7.70. The average molecular weight is 277 g/mol. The second kappa shape index (κ2) is 5.61. The molecular weight excluding hydrogens is 262 g/mol. The van der Waals surface area contributed by atoms with Gasteiger partial charge in [0.1, 0.15) is 10.9 Å². The largest absolute Gasteiger partial charge is 0.304 e. The van der Waals surface area contributed by atoms with Gasteiger partial charge in [-0.3, -0.25) is 0 Å². The van der Waals surface area contributed by atoms with Gasteiger partial charge < -0.3 is 5.32 Å². The number of nitrogens with zero attached hydrogens (tertiary/aromatic N) is 2. The molecule has 0 bridgehead atoms. The molecule has 2 aromatic rings. The molecule has 1 unspecified atom stereocenters. The summed E-state index contributed by atoms with van der Waals surface area (Å²) in [5.41, 5.74) is 1.11. The van der Waals surface area contributed by atoms with E-state index in [-0.39, 0.29) is 0 Å². The van der Waals surface area contributed by atoms with Crippen molar-refractivity contribution >= 4 is 22.7 Å². The number of thiazole rings is 1. The van der Waals surface area contributed by atoms with E-state index < -0.39 is 0 Å². The molecule has 0 aliphatic rings. The highest BCUT2D eigenvalue weighted by molar-refractivity contribution is 7.12. The van der Waals surface area contributed by atoms with Gasteiger partial charge in [0.15, 0.2) is 0 Å². The zero-order valence-corrected chi connectivity index (χ0v) is 12.3. The Labute approximate surface area is 115 Å².